The van der Waals surface area contributed by atoms with E-state index in [-0.39, 0.29) is 36.9 Å². The first-order valence-corrected chi connectivity index (χ1v) is 14.0. The molecule has 0 fully saturated rings. The summed E-state index contributed by atoms with van der Waals surface area (Å²) >= 11 is 0. The first kappa shape index (κ1) is 29.9. The van der Waals surface area contributed by atoms with Gasteiger partial charge in [-0.15, -0.1) is 0 Å². The molecule has 10 nitrogen and oxygen atoms in total. The van der Waals surface area contributed by atoms with Crippen LogP contribution >= 0.6 is 0 Å². The Morgan fingerprint density at radius 3 is 2.21 bits per heavy atom. The maximum Gasteiger partial charge on any atom is 0.407 e. The molecule has 0 spiro atoms. The Morgan fingerprint density at radius 1 is 0.974 bits per heavy atom. The Kier molecular flexibility index (Phi) is 10.7. The van der Waals surface area contributed by atoms with Crippen LogP contribution in [0.3, 0.4) is 0 Å². The lowest BCUT2D eigenvalue weighted by Crippen LogP contribution is -2.51. The van der Waals surface area contributed by atoms with Crippen molar-refractivity contribution in [3.05, 3.63) is 90.3 Å². The normalized spacial score (nSPS) is 13.2. The zero-order chi connectivity index (χ0) is 28.4. The third-order valence-corrected chi connectivity index (χ3v) is 7.82. The highest BCUT2D eigenvalue weighted by Crippen LogP contribution is 2.21. The lowest BCUT2D eigenvalue weighted by atomic mass is 10.0. The number of nitrogens with zero attached hydrogens (tertiary/aromatic N) is 2. The number of nitrogens with one attached hydrogen (secondary N) is 1. The minimum atomic E-state index is -3.95. The van der Waals surface area contributed by atoms with Gasteiger partial charge in [0.2, 0.25) is 22.4 Å². The molecule has 1 amide bonds. The van der Waals surface area contributed by atoms with E-state index in [9.17, 15) is 23.5 Å². The first-order chi connectivity index (χ1) is 18.6. The molecule has 1 heterocycles. The van der Waals surface area contributed by atoms with Gasteiger partial charge in [0.05, 0.1) is 24.2 Å². The summed E-state index contributed by atoms with van der Waals surface area (Å²) in [4.78, 5) is 12.8. The molecule has 0 bridgehead atoms. The third-order valence-electron chi connectivity index (χ3n) is 5.98. The van der Waals surface area contributed by atoms with Gasteiger partial charge in [0.1, 0.15) is 12.4 Å². The molecule has 210 valence electrons. The van der Waals surface area contributed by atoms with Crippen molar-refractivity contribution in [2.45, 2.75) is 43.9 Å². The topological polar surface area (TPSA) is 129 Å². The van der Waals surface area contributed by atoms with E-state index in [2.05, 4.69) is 5.32 Å². The maximum atomic E-state index is 13.5. The molecule has 2 aromatic carbocycles. The summed E-state index contributed by atoms with van der Waals surface area (Å²) in [5.41, 5.74) is 1.51. The van der Waals surface area contributed by atoms with Crippen molar-refractivity contribution in [2.75, 3.05) is 20.2 Å². The Balaban J connectivity index is 1.78. The summed E-state index contributed by atoms with van der Waals surface area (Å²) in [6.07, 6.45) is 1.07. The Labute approximate surface area is 229 Å². The van der Waals surface area contributed by atoms with Crippen LogP contribution in [0.1, 0.15) is 25.0 Å². The van der Waals surface area contributed by atoms with E-state index in [4.69, 9.17) is 9.47 Å². The van der Waals surface area contributed by atoms with Crippen molar-refractivity contribution in [3.8, 4) is 5.75 Å². The van der Waals surface area contributed by atoms with Gasteiger partial charge in [-0.05, 0) is 42.2 Å². The van der Waals surface area contributed by atoms with Gasteiger partial charge >= 0.3 is 6.09 Å². The molecule has 11 heteroatoms. The molecule has 0 saturated heterocycles. The molecule has 0 aliphatic heterocycles. The Morgan fingerprint density at radius 2 is 1.62 bits per heavy atom. The molecule has 39 heavy (non-hydrogen) atoms. The largest absolute Gasteiger partial charge is 0.497 e. The second kappa shape index (κ2) is 13.9. The summed E-state index contributed by atoms with van der Waals surface area (Å²) in [6, 6.07) is 17.7. The SMILES string of the molecule is COc1ccc(S(=O)(=O)N(CC(C)C)CC(O)[C@H](Cc2ccccc2)NC(=O)OCc2cc[n+](O)cc2)cc1. The molecule has 0 radical (unpaired) electrons. The van der Waals surface area contributed by atoms with Crippen molar-refractivity contribution in [3.63, 3.8) is 0 Å². The molecule has 0 aliphatic rings. The standard InChI is InChI=1S/C28H35N3O7S/c1-21(2)18-31(39(35,36)25-11-9-24(37-3)10-12-25)19-27(32)26(17-22-7-5-4-6-8-22)29-28(33)38-20-23-13-15-30(34)16-14-23/h4-16,21,26-27,32H,17-20H2,1-3H3,(H-,29,33,34)/p+1/t26-,27?/m0/s1. The van der Waals surface area contributed by atoms with Crippen molar-refractivity contribution >= 4 is 16.1 Å². The summed E-state index contributed by atoms with van der Waals surface area (Å²) < 4.78 is 39.6. The molecular formula is C28H36N3O7S+. The summed E-state index contributed by atoms with van der Waals surface area (Å²) in [5.74, 6) is 0.514. The van der Waals surface area contributed by atoms with E-state index < -0.39 is 28.3 Å². The maximum absolute atomic E-state index is 13.5. The number of aliphatic hydroxyl groups excluding tert-OH is 1. The second-order valence-electron chi connectivity index (χ2n) is 9.56. The van der Waals surface area contributed by atoms with Gasteiger partial charge in [-0.3, -0.25) is 5.21 Å². The average molecular weight is 559 g/mol. The van der Waals surface area contributed by atoms with Crippen LogP contribution in [0.2, 0.25) is 0 Å². The fraction of sp³-hybridized carbons (Fsp3) is 0.357. The van der Waals surface area contributed by atoms with Gasteiger partial charge in [-0.1, -0.05) is 44.2 Å². The monoisotopic (exact) mass is 558 g/mol. The van der Waals surface area contributed by atoms with Crippen molar-refractivity contribution in [1.82, 2.24) is 9.62 Å². The number of carbonyl (C=O) groups is 1. The number of pyridine rings is 1. The van der Waals surface area contributed by atoms with E-state index in [0.29, 0.717) is 11.3 Å². The zero-order valence-electron chi connectivity index (χ0n) is 22.3. The lowest BCUT2D eigenvalue weighted by molar-refractivity contribution is -0.904. The highest BCUT2D eigenvalue weighted by Gasteiger charge is 2.31. The number of alkyl carbamates (subject to hydrolysis) is 1. The van der Waals surface area contributed by atoms with Gasteiger partial charge in [0.15, 0.2) is 0 Å². The summed E-state index contributed by atoms with van der Waals surface area (Å²) in [5, 5.41) is 23.3. The molecule has 0 aliphatic carbocycles. The van der Waals surface area contributed by atoms with E-state index in [0.717, 1.165) is 10.3 Å². The van der Waals surface area contributed by atoms with Crippen LogP contribution < -0.4 is 14.8 Å². The molecule has 1 aromatic heterocycles. The predicted molar refractivity (Wildman–Crippen MR) is 144 cm³/mol. The average Bonchev–Trinajstić information content (AvgIpc) is 2.92. The minimum Gasteiger partial charge on any atom is -0.497 e. The first-order valence-electron chi connectivity index (χ1n) is 12.6. The number of rotatable bonds is 13. The molecule has 1 unspecified atom stereocenters. The van der Waals surface area contributed by atoms with Crippen LogP contribution in [0.4, 0.5) is 4.79 Å². The smallest absolute Gasteiger partial charge is 0.407 e. The Hall–Kier alpha value is -3.67. The number of hydrogen-bond acceptors (Lipinski definition) is 7. The molecular weight excluding hydrogens is 522 g/mol. The number of hydrogen-bond donors (Lipinski definition) is 3. The summed E-state index contributed by atoms with van der Waals surface area (Å²) in [7, 11) is -2.45. The molecule has 3 aromatic rings. The second-order valence-corrected chi connectivity index (χ2v) is 11.5. The summed E-state index contributed by atoms with van der Waals surface area (Å²) in [6.45, 7) is 3.67. The van der Waals surface area contributed by atoms with Gasteiger partial charge in [-0.2, -0.15) is 4.31 Å². The van der Waals surface area contributed by atoms with Crippen LogP contribution in [0.5, 0.6) is 5.75 Å². The minimum absolute atomic E-state index is 0.0146. The van der Waals surface area contributed by atoms with E-state index in [1.165, 1.54) is 35.9 Å². The van der Waals surface area contributed by atoms with E-state index >= 15 is 0 Å². The van der Waals surface area contributed by atoms with E-state index in [1.807, 2.05) is 44.2 Å². The number of amides is 1. The van der Waals surface area contributed by atoms with Crippen LogP contribution in [0.15, 0.2) is 84.0 Å². The van der Waals surface area contributed by atoms with Gasteiger partial charge in [-0.25, -0.2) is 13.2 Å². The van der Waals surface area contributed by atoms with Gasteiger partial charge in [0, 0.05) is 35.5 Å². The van der Waals surface area contributed by atoms with Crippen LogP contribution in [0.25, 0.3) is 0 Å². The van der Waals surface area contributed by atoms with Crippen molar-refractivity contribution in [1.29, 1.82) is 0 Å². The highest BCUT2D eigenvalue weighted by atomic mass is 32.2. The van der Waals surface area contributed by atoms with Crippen LogP contribution in [-0.2, 0) is 27.8 Å². The molecule has 3 rings (SSSR count). The van der Waals surface area contributed by atoms with Crippen LogP contribution in [-0.4, -0.2) is 61.5 Å². The number of ether oxygens (including phenoxy) is 2. The molecule has 0 saturated carbocycles. The van der Waals surface area contributed by atoms with E-state index in [1.54, 1.807) is 24.3 Å². The fourth-order valence-corrected chi connectivity index (χ4v) is 5.57. The number of carbonyl (C=O) groups excluding carboxylic acids is 1. The fourth-order valence-electron chi connectivity index (χ4n) is 3.95. The Bertz CT molecular complexity index is 1280. The lowest BCUT2D eigenvalue weighted by Gasteiger charge is -2.30. The number of methoxy groups -OCH3 is 1. The molecule has 3 N–H and O–H groups in total. The number of sulfonamides is 1. The third kappa shape index (κ3) is 8.95. The number of aromatic nitrogens is 1. The van der Waals surface area contributed by atoms with Gasteiger partial charge < -0.3 is 19.9 Å². The predicted octanol–water partition coefficient (Wildman–Crippen LogP) is 2.77. The van der Waals surface area contributed by atoms with Gasteiger partial charge in [0.25, 0.3) is 0 Å². The van der Waals surface area contributed by atoms with Crippen LogP contribution in [0, 0.1) is 5.92 Å². The van der Waals surface area contributed by atoms with Crippen molar-refractivity contribution in [2.24, 2.45) is 5.92 Å². The van der Waals surface area contributed by atoms with Crippen molar-refractivity contribution < 1.29 is 37.7 Å². The zero-order valence-corrected chi connectivity index (χ0v) is 23.1. The quantitative estimate of drug-likeness (QED) is 0.217. The number of benzene rings is 2. The molecule has 2 atom stereocenters. The number of aliphatic hydroxyl groups is 1. The highest BCUT2D eigenvalue weighted by molar-refractivity contribution is 7.89.